The molecule has 1 aromatic carbocycles. The number of rotatable bonds is 13. The molecule has 236 valence electrons. The standard InChI is InChI=1S/C34H50F2N6O/c35-34(36)16-13-28(14-17-34)33(43)40-30(26-8-2-1-3-9-26)25-41-23-20-38-29(24-41)15-22-42(21-5-4-18-37)31-12-6-10-27-11-7-19-39-32(27)31/h1-3,7-9,11,19,28-31,38H,4-6,10,12-18,20-25,37H2,(H,40,43)/t29-,30-,31-/m0/s1. The predicted octanol–water partition coefficient (Wildman–Crippen LogP) is 4.85. The molecule has 43 heavy (non-hydrogen) atoms. The number of nitrogens with two attached hydrogens (primary N) is 1. The largest absolute Gasteiger partial charge is 0.348 e. The molecule has 2 aromatic rings. The molecule has 2 heterocycles. The van der Waals surface area contributed by atoms with E-state index in [1.165, 1.54) is 17.7 Å². The molecule has 1 amide bonds. The van der Waals surface area contributed by atoms with E-state index in [1.807, 2.05) is 24.4 Å². The van der Waals surface area contributed by atoms with Gasteiger partial charge in [0.25, 0.3) is 0 Å². The molecule has 1 aliphatic heterocycles. The Balaban J connectivity index is 1.20. The normalized spacial score (nSPS) is 23.5. The first-order valence-electron chi connectivity index (χ1n) is 16.5. The summed E-state index contributed by atoms with van der Waals surface area (Å²) in [4.78, 5) is 23.1. The van der Waals surface area contributed by atoms with Crippen LogP contribution >= 0.6 is 0 Å². The van der Waals surface area contributed by atoms with Crippen LogP contribution in [0.2, 0.25) is 0 Å². The van der Waals surface area contributed by atoms with Gasteiger partial charge in [-0.15, -0.1) is 0 Å². The van der Waals surface area contributed by atoms with Crippen LogP contribution in [0.5, 0.6) is 0 Å². The molecule has 2 fully saturated rings. The highest BCUT2D eigenvalue weighted by atomic mass is 19.3. The number of nitrogens with one attached hydrogen (secondary N) is 2. The molecule has 9 heteroatoms. The number of fused-ring (bicyclic) bond motifs is 1. The molecule has 5 rings (SSSR count). The van der Waals surface area contributed by atoms with Gasteiger partial charge in [0.1, 0.15) is 0 Å². The summed E-state index contributed by atoms with van der Waals surface area (Å²) in [6.07, 6.45) is 8.64. The average molecular weight is 597 g/mol. The van der Waals surface area contributed by atoms with Crippen LogP contribution in [-0.4, -0.2) is 78.5 Å². The second kappa shape index (κ2) is 15.5. The number of hydrogen-bond acceptors (Lipinski definition) is 6. The summed E-state index contributed by atoms with van der Waals surface area (Å²) in [6.45, 7) is 6.18. The zero-order chi connectivity index (χ0) is 30.1. The van der Waals surface area contributed by atoms with Gasteiger partial charge in [-0.3, -0.25) is 19.6 Å². The molecule has 1 saturated heterocycles. The molecule has 7 nitrogen and oxygen atoms in total. The minimum Gasteiger partial charge on any atom is -0.348 e. The van der Waals surface area contributed by atoms with E-state index in [1.54, 1.807) is 0 Å². The number of carbonyl (C=O) groups excluding carboxylic acids is 1. The topological polar surface area (TPSA) is 86.5 Å². The van der Waals surface area contributed by atoms with Gasteiger partial charge in [0.2, 0.25) is 11.8 Å². The van der Waals surface area contributed by atoms with Crippen molar-refractivity contribution in [2.75, 3.05) is 45.8 Å². The number of nitrogens with zero attached hydrogens (tertiary/aromatic N) is 3. The summed E-state index contributed by atoms with van der Waals surface area (Å²) < 4.78 is 27.4. The Morgan fingerprint density at radius 2 is 1.93 bits per heavy atom. The maximum absolute atomic E-state index is 13.7. The third-order valence-electron chi connectivity index (χ3n) is 9.66. The van der Waals surface area contributed by atoms with Crippen molar-refractivity contribution in [1.29, 1.82) is 0 Å². The zero-order valence-corrected chi connectivity index (χ0v) is 25.5. The van der Waals surface area contributed by atoms with Crippen LogP contribution in [0.3, 0.4) is 0 Å². The zero-order valence-electron chi connectivity index (χ0n) is 25.5. The number of aromatic nitrogens is 1. The van der Waals surface area contributed by atoms with E-state index in [4.69, 9.17) is 10.7 Å². The number of amides is 1. The lowest BCUT2D eigenvalue weighted by molar-refractivity contribution is -0.130. The van der Waals surface area contributed by atoms with E-state index in [0.717, 1.165) is 76.9 Å². The maximum Gasteiger partial charge on any atom is 0.248 e. The number of unbranched alkanes of at least 4 members (excludes halogenated alkanes) is 1. The Morgan fingerprint density at radius 3 is 2.72 bits per heavy atom. The lowest BCUT2D eigenvalue weighted by atomic mass is 9.86. The minimum absolute atomic E-state index is 0.0921. The lowest BCUT2D eigenvalue weighted by Gasteiger charge is -2.39. The second-order valence-electron chi connectivity index (χ2n) is 12.8. The van der Waals surface area contributed by atoms with Crippen LogP contribution < -0.4 is 16.4 Å². The number of carbonyl (C=O) groups is 1. The number of pyridine rings is 1. The number of alkyl halides is 2. The van der Waals surface area contributed by atoms with Gasteiger partial charge in [0, 0.05) is 63.7 Å². The van der Waals surface area contributed by atoms with Crippen molar-refractivity contribution in [3.63, 3.8) is 0 Å². The fraction of sp³-hybridized carbons (Fsp3) is 0.647. The molecule has 0 radical (unpaired) electrons. The van der Waals surface area contributed by atoms with Gasteiger partial charge >= 0.3 is 0 Å². The molecule has 1 aromatic heterocycles. The first kappa shape index (κ1) is 31.9. The van der Waals surface area contributed by atoms with Gasteiger partial charge < -0.3 is 16.4 Å². The Labute approximate surface area is 256 Å². The van der Waals surface area contributed by atoms with Crippen molar-refractivity contribution in [2.45, 2.75) is 88.3 Å². The summed E-state index contributed by atoms with van der Waals surface area (Å²) in [5, 5.41) is 7.00. The van der Waals surface area contributed by atoms with Crippen LogP contribution in [0.4, 0.5) is 8.78 Å². The van der Waals surface area contributed by atoms with Crippen molar-refractivity contribution < 1.29 is 13.6 Å². The number of benzene rings is 1. The fourth-order valence-electron chi connectivity index (χ4n) is 7.17. The molecule has 0 spiro atoms. The van der Waals surface area contributed by atoms with Crippen LogP contribution in [-0.2, 0) is 11.2 Å². The number of halogens is 2. The first-order valence-corrected chi connectivity index (χ1v) is 16.5. The molecule has 0 unspecified atom stereocenters. The Bertz CT molecular complexity index is 1140. The summed E-state index contributed by atoms with van der Waals surface area (Å²) in [5.41, 5.74) is 9.54. The van der Waals surface area contributed by atoms with Crippen molar-refractivity contribution in [3.05, 3.63) is 65.5 Å². The Kier molecular flexibility index (Phi) is 11.5. The van der Waals surface area contributed by atoms with Gasteiger partial charge in [-0.2, -0.15) is 0 Å². The Morgan fingerprint density at radius 1 is 1.12 bits per heavy atom. The van der Waals surface area contributed by atoms with Gasteiger partial charge in [0.05, 0.1) is 17.8 Å². The number of aryl methyl sites for hydroxylation is 1. The molecular weight excluding hydrogens is 546 g/mol. The summed E-state index contributed by atoms with van der Waals surface area (Å²) in [7, 11) is 0. The predicted molar refractivity (Wildman–Crippen MR) is 167 cm³/mol. The highest BCUT2D eigenvalue weighted by Crippen LogP contribution is 2.37. The molecular formula is C34H50F2N6O. The van der Waals surface area contributed by atoms with Crippen molar-refractivity contribution in [3.8, 4) is 0 Å². The monoisotopic (exact) mass is 596 g/mol. The van der Waals surface area contributed by atoms with E-state index >= 15 is 0 Å². The molecule has 4 N–H and O–H groups in total. The van der Waals surface area contributed by atoms with Crippen LogP contribution in [0.25, 0.3) is 0 Å². The average Bonchev–Trinajstić information content (AvgIpc) is 3.03. The third-order valence-corrected chi connectivity index (χ3v) is 9.66. The van der Waals surface area contributed by atoms with Gasteiger partial charge in [-0.25, -0.2) is 8.78 Å². The second-order valence-corrected chi connectivity index (χ2v) is 12.8. The minimum atomic E-state index is -2.64. The van der Waals surface area contributed by atoms with Gasteiger partial charge in [0.15, 0.2) is 0 Å². The molecule has 1 saturated carbocycles. The van der Waals surface area contributed by atoms with Crippen LogP contribution in [0.1, 0.15) is 86.7 Å². The van der Waals surface area contributed by atoms with E-state index < -0.39 is 5.92 Å². The smallest absolute Gasteiger partial charge is 0.248 e. The fourth-order valence-corrected chi connectivity index (χ4v) is 7.17. The molecule has 3 aliphatic rings. The molecule has 3 atom stereocenters. The van der Waals surface area contributed by atoms with Crippen LogP contribution in [0, 0.1) is 5.92 Å². The summed E-state index contributed by atoms with van der Waals surface area (Å²) in [5.74, 6) is -3.07. The van der Waals surface area contributed by atoms with Crippen molar-refractivity contribution in [1.82, 2.24) is 25.4 Å². The SMILES string of the molecule is NCCCCN(CC[C@H]1CN(C[C@H](NC(=O)C2CCC(F)(F)CC2)c2ccccc2)CCN1)[C@H]1CCCc2cccnc21. The Hall–Kier alpha value is -2.46. The van der Waals surface area contributed by atoms with Gasteiger partial charge in [-0.1, -0.05) is 36.4 Å². The summed E-state index contributed by atoms with van der Waals surface area (Å²) in [6, 6.07) is 14.9. The van der Waals surface area contributed by atoms with Crippen molar-refractivity contribution in [2.24, 2.45) is 11.7 Å². The summed E-state index contributed by atoms with van der Waals surface area (Å²) >= 11 is 0. The number of hydrogen-bond donors (Lipinski definition) is 3. The highest BCUT2D eigenvalue weighted by Gasteiger charge is 2.38. The van der Waals surface area contributed by atoms with Crippen LogP contribution in [0.15, 0.2) is 48.7 Å². The molecule has 0 bridgehead atoms. The third kappa shape index (κ3) is 9.03. The maximum atomic E-state index is 13.7. The van der Waals surface area contributed by atoms with Gasteiger partial charge in [-0.05, 0) is 81.6 Å². The molecule has 2 aliphatic carbocycles. The van der Waals surface area contributed by atoms with E-state index in [-0.39, 0.29) is 43.6 Å². The van der Waals surface area contributed by atoms with E-state index in [0.29, 0.717) is 18.6 Å². The quantitative estimate of drug-likeness (QED) is 0.287. The first-order chi connectivity index (χ1) is 20.9. The van der Waals surface area contributed by atoms with Crippen molar-refractivity contribution >= 4 is 5.91 Å². The van der Waals surface area contributed by atoms with E-state index in [2.05, 4.69) is 44.7 Å². The van der Waals surface area contributed by atoms with E-state index in [9.17, 15) is 13.6 Å². The number of piperazine rings is 1. The highest BCUT2D eigenvalue weighted by molar-refractivity contribution is 5.79. The lowest BCUT2D eigenvalue weighted by Crippen LogP contribution is -2.53.